The van der Waals surface area contributed by atoms with E-state index in [9.17, 15) is 4.79 Å². The van der Waals surface area contributed by atoms with Crippen molar-refractivity contribution in [2.75, 3.05) is 13.2 Å². The molecule has 0 unspecified atom stereocenters. The van der Waals surface area contributed by atoms with Crippen molar-refractivity contribution in [3.63, 3.8) is 0 Å². The third-order valence-electron chi connectivity index (χ3n) is 4.50. The van der Waals surface area contributed by atoms with Crippen LogP contribution in [0.2, 0.25) is 5.02 Å². The van der Waals surface area contributed by atoms with Gasteiger partial charge in [-0.15, -0.1) is 0 Å². The van der Waals surface area contributed by atoms with Crippen molar-refractivity contribution in [1.82, 2.24) is 5.32 Å². The average molecular weight is 398 g/mol. The average Bonchev–Trinajstić information content (AvgIpc) is 2.71. The van der Waals surface area contributed by atoms with Crippen molar-refractivity contribution < 1.29 is 14.3 Å². The number of fused-ring (bicyclic) bond motifs is 1. The minimum Gasteiger partial charge on any atom is -0.492 e. The number of halogens is 1. The molecule has 0 spiro atoms. The second kappa shape index (κ2) is 9.47. The summed E-state index contributed by atoms with van der Waals surface area (Å²) in [4.78, 5) is 12.5. The highest BCUT2D eigenvalue weighted by molar-refractivity contribution is 6.31. The van der Waals surface area contributed by atoms with E-state index in [0.29, 0.717) is 36.1 Å². The highest BCUT2D eigenvalue weighted by atomic mass is 35.5. The number of hydrogen-bond acceptors (Lipinski definition) is 3. The van der Waals surface area contributed by atoms with E-state index in [2.05, 4.69) is 5.32 Å². The van der Waals surface area contributed by atoms with Gasteiger partial charge in [-0.1, -0.05) is 61.0 Å². The molecule has 0 aromatic heterocycles. The van der Waals surface area contributed by atoms with Crippen LogP contribution in [0.5, 0.6) is 11.5 Å². The molecule has 0 saturated carbocycles. The van der Waals surface area contributed by atoms with Gasteiger partial charge >= 0.3 is 0 Å². The van der Waals surface area contributed by atoms with Crippen LogP contribution in [0.3, 0.4) is 0 Å². The largest absolute Gasteiger partial charge is 0.492 e. The molecule has 3 aromatic rings. The normalized spacial score (nSPS) is 11.8. The van der Waals surface area contributed by atoms with Gasteiger partial charge in [0.05, 0.1) is 6.54 Å². The fraction of sp³-hybridized carbons (Fsp3) is 0.261. The molecule has 28 heavy (non-hydrogen) atoms. The van der Waals surface area contributed by atoms with Gasteiger partial charge in [-0.25, -0.2) is 0 Å². The van der Waals surface area contributed by atoms with Crippen LogP contribution in [0.4, 0.5) is 0 Å². The lowest BCUT2D eigenvalue weighted by atomic mass is 10.1. The van der Waals surface area contributed by atoms with Gasteiger partial charge in [0, 0.05) is 10.4 Å². The molecule has 0 radical (unpaired) electrons. The van der Waals surface area contributed by atoms with Gasteiger partial charge in [0.1, 0.15) is 18.1 Å². The smallest absolute Gasteiger partial charge is 0.261 e. The van der Waals surface area contributed by atoms with Crippen molar-refractivity contribution in [3.8, 4) is 11.5 Å². The highest BCUT2D eigenvalue weighted by Gasteiger charge is 2.18. The summed E-state index contributed by atoms with van der Waals surface area (Å²) >= 11 is 6.09. The number of amides is 1. The van der Waals surface area contributed by atoms with Gasteiger partial charge < -0.3 is 14.8 Å². The Morgan fingerprint density at radius 2 is 1.89 bits per heavy atom. The molecule has 1 atom stereocenters. The minimum atomic E-state index is -0.556. The summed E-state index contributed by atoms with van der Waals surface area (Å²) in [6.07, 6.45) is 0.0170. The van der Waals surface area contributed by atoms with Gasteiger partial charge in [-0.3, -0.25) is 4.79 Å². The maximum atomic E-state index is 12.5. The quantitative estimate of drug-likeness (QED) is 0.534. The molecule has 4 nitrogen and oxygen atoms in total. The third-order valence-corrected chi connectivity index (χ3v) is 4.90. The first-order chi connectivity index (χ1) is 13.6. The first kappa shape index (κ1) is 20.0. The van der Waals surface area contributed by atoms with E-state index >= 15 is 0 Å². The number of aryl methyl sites for hydroxylation is 1. The van der Waals surface area contributed by atoms with Crippen molar-refractivity contribution in [3.05, 3.63) is 71.2 Å². The molecule has 0 heterocycles. The maximum Gasteiger partial charge on any atom is 0.261 e. The summed E-state index contributed by atoms with van der Waals surface area (Å²) in [5.41, 5.74) is 0.999. The number of ether oxygens (including phenoxy) is 2. The van der Waals surface area contributed by atoms with E-state index in [4.69, 9.17) is 21.1 Å². The summed E-state index contributed by atoms with van der Waals surface area (Å²) in [6.45, 7) is 4.61. The van der Waals surface area contributed by atoms with Gasteiger partial charge in [0.15, 0.2) is 6.10 Å². The molecule has 0 bridgehead atoms. The molecule has 3 rings (SSSR count). The molecule has 146 valence electrons. The predicted molar refractivity (Wildman–Crippen MR) is 113 cm³/mol. The Morgan fingerprint density at radius 3 is 2.68 bits per heavy atom. The zero-order chi connectivity index (χ0) is 19.9. The van der Waals surface area contributed by atoms with Gasteiger partial charge in [0.2, 0.25) is 0 Å². The molecule has 0 saturated heterocycles. The van der Waals surface area contributed by atoms with Crippen LogP contribution in [0.15, 0.2) is 60.7 Å². The summed E-state index contributed by atoms with van der Waals surface area (Å²) < 4.78 is 11.7. The van der Waals surface area contributed by atoms with Gasteiger partial charge in [-0.05, 0) is 42.5 Å². The van der Waals surface area contributed by atoms with Crippen molar-refractivity contribution >= 4 is 28.3 Å². The maximum absolute atomic E-state index is 12.5. The lowest BCUT2D eigenvalue weighted by Crippen LogP contribution is -2.39. The Balaban J connectivity index is 1.54. The number of rotatable bonds is 8. The molecule has 1 N–H and O–H groups in total. The summed E-state index contributed by atoms with van der Waals surface area (Å²) in [6, 6.07) is 19.4. The lowest BCUT2D eigenvalue weighted by Gasteiger charge is -2.18. The summed E-state index contributed by atoms with van der Waals surface area (Å²) in [7, 11) is 0. The number of benzene rings is 3. The minimum absolute atomic E-state index is 0.152. The van der Waals surface area contributed by atoms with E-state index in [1.54, 1.807) is 6.07 Å². The standard InChI is InChI=1S/C23H24ClNO3/c1-3-21(28-22-10-6-8-17-7-4-5-9-19(17)22)23(26)25-13-14-27-18-12-11-16(2)20(24)15-18/h4-12,15,21H,3,13-14H2,1-2H3,(H,25,26)/t21-/m1/s1. The SMILES string of the molecule is CC[C@@H](Oc1cccc2ccccc12)C(=O)NCCOc1ccc(C)c(Cl)c1. The molecule has 0 aliphatic rings. The predicted octanol–water partition coefficient (Wildman–Crippen LogP) is 5.15. The Morgan fingerprint density at radius 1 is 1.11 bits per heavy atom. The third kappa shape index (κ3) is 4.96. The van der Waals surface area contributed by atoms with Crippen LogP contribution in [0.1, 0.15) is 18.9 Å². The lowest BCUT2D eigenvalue weighted by molar-refractivity contribution is -0.128. The van der Waals surface area contributed by atoms with Gasteiger partial charge in [0.25, 0.3) is 5.91 Å². The molecular weight excluding hydrogens is 374 g/mol. The van der Waals surface area contributed by atoms with Crippen LogP contribution in [0, 0.1) is 6.92 Å². The fourth-order valence-corrected chi connectivity index (χ4v) is 3.06. The van der Waals surface area contributed by atoms with Crippen LogP contribution < -0.4 is 14.8 Å². The Bertz CT molecular complexity index is 952. The van der Waals surface area contributed by atoms with Crippen LogP contribution in [0.25, 0.3) is 10.8 Å². The molecule has 3 aromatic carbocycles. The highest BCUT2D eigenvalue weighted by Crippen LogP contribution is 2.26. The van der Waals surface area contributed by atoms with E-state index < -0.39 is 6.10 Å². The molecule has 0 aliphatic carbocycles. The van der Waals surface area contributed by atoms with Crippen molar-refractivity contribution in [2.45, 2.75) is 26.4 Å². The molecule has 5 heteroatoms. The first-order valence-electron chi connectivity index (χ1n) is 9.39. The monoisotopic (exact) mass is 397 g/mol. The zero-order valence-electron chi connectivity index (χ0n) is 16.1. The number of carbonyl (C=O) groups excluding carboxylic acids is 1. The second-order valence-corrected chi connectivity index (χ2v) is 6.95. The van der Waals surface area contributed by atoms with E-state index in [1.165, 1.54) is 0 Å². The summed E-state index contributed by atoms with van der Waals surface area (Å²) in [5.74, 6) is 1.25. The van der Waals surface area contributed by atoms with Crippen LogP contribution in [-0.2, 0) is 4.79 Å². The second-order valence-electron chi connectivity index (χ2n) is 6.54. The van der Waals surface area contributed by atoms with Crippen molar-refractivity contribution in [1.29, 1.82) is 0 Å². The fourth-order valence-electron chi connectivity index (χ4n) is 2.89. The van der Waals surface area contributed by atoms with Gasteiger partial charge in [-0.2, -0.15) is 0 Å². The molecule has 1 amide bonds. The first-order valence-corrected chi connectivity index (χ1v) is 9.77. The topological polar surface area (TPSA) is 47.6 Å². The molecular formula is C23H24ClNO3. The van der Waals surface area contributed by atoms with E-state index in [0.717, 1.165) is 16.3 Å². The number of carbonyl (C=O) groups is 1. The number of nitrogens with one attached hydrogen (secondary N) is 1. The zero-order valence-corrected chi connectivity index (χ0v) is 16.8. The van der Waals surface area contributed by atoms with Crippen LogP contribution >= 0.6 is 11.6 Å². The molecule has 0 fully saturated rings. The number of hydrogen-bond donors (Lipinski definition) is 1. The Labute approximate surface area is 170 Å². The Hall–Kier alpha value is -2.72. The van der Waals surface area contributed by atoms with Crippen LogP contribution in [-0.4, -0.2) is 25.2 Å². The van der Waals surface area contributed by atoms with E-state index in [-0.39, 0.29) is 5.91 Å². The summed E-state index contributed by atoms with van der Waals surface area (Å²) in [5, 5.41) is 5.62. The van der Waals surface area contributed by atoms with Crippen molar-refractivity contribution in [2.24, 2.45) is 0 Å². The van der Waals surface area contributed by atoms with E-state index in [1.807, 2.05) is 68.4 Å². The molecule has 0 aliphatic heterocycles. The Kier molecular flexibility index (Phi) is 6.77.